The number of methoxy groups -OCH3 is 1. The van der Waals surface area contributed by atoms with Crippen molar-refractivity contribution in [1.29, 1.82) is 0 Å². The third-order valence-corrected chi connectivity index (χ3v) is 6.11. The van der Waals surface area contributed by atoms with Crippen molar-refractivity contribution < 1.29 is 9.53 Å². The number of carbonyl (C=O) groups excluding carboxylic acids is 1. The van der Waals surface area contributed by atoms with Crippen molar-refractivity contribution in [1.82, 2.24) is 0 Å². The minimum Gasteiger partial charge on any atom is -0.469 e. The molecular formula is C15H20BrNO2S. The molecule has 0 aliphatic heterocycles. The fourth-order valence-corrected chi connectivity index (χ4v) is 4.40. The molecule has 2 N–H and O–H groups in total. The van der Waals surface area contributed by atoms with Crippen molar-refractivity contribution in [3.05, 3.63) is 34.3 Å². The summed E-state index contributed by atoms with van der Waals surface area (Å²) in [5, 5.41) is 0.265. The van der Waals surface area contributed by atoms with Gasteiger partial charge in [-0.3, -0.25) is 4.79 Å². The van der Waals surface area contributed by atoms with Crippen molar-refractivity contribution >= 4 is 33.7 Å². The molecule has 0 radical (unpaired) electrons. The maximum absolute atomic E-state index is 11.4. The lowest BCUT2D eigenvalue weighted by molar-refractivity contribution is -0.141. The lowest BCUT2D eigenvalue weighted by Gasteiger charge is -2.20. The highest BCUT2D eigenvalue weighted by Crippen LogP contribution is 2.53. The van der Waals surface area contributed by atoms with E-state index in [2.05, 4.69) is 22.0 Å². The summed E-state index contributed by atoms with van der Waals surface area (Å²) < 4.78 is 5.88. The third kappa shape index (κ3) is 3.99. The minimum absolute atomic E-state index is 0.103. The first-order valence-corrected chi connectivity index (χ1v) is 8.57. The molecule has 1 atom stereocenters. The number of hydrogen-bond donors (Lipinski definition) is 1. The molecule has 0 spiro atoms. The van der Waals surface area contributed by atoms with E-state index in [9.17, 15) is 4.79 Å². The van der Waals surface area contributed by atoms with Gasteiger partial charge in [-0.15, -0.1) is 0 Å². The predicted octanol–water partition coefficient (Wildman–Crippen LogP) is 3.53. The van der Waals surface area contributed by atoms with E-state index in [1.54, 1.807) is 0 Å². The summed E-state index contributed by atoms with van der Waals surface area (Å²) in [6.45, 7) is 0.599. The van der Waals surface area contributed by atoms with Crippen LogP contribution in [0.5, 0.6) is 0 Å². The summed E-state index contributed by atoms with van der Waals surface area (Å²) in [4.78, 5) is 11.4. The molecular weight excluding hydrogens is 338 g/mol. The second-order valence-electron chi connectivity index (χ2n) is 5.31. The van der Waals surface area contributed by atoms with Crippen LogP contribution in [0.4, 0.5) is 0 Å². The van der Waals surface area contributed by atoms with Crippen molar-refractivity contribution in [2.24, 2.45) is 11.1 Å². The number of nitrogens with two attached hydrogens (primary N) is 1. The summed E-state index contributed by atoms with van der Waals surface area (Å²) in [5.41, 5.74) is 7.29. The van der Waals surface area contributed by atoms with E-state index < -0.39 is 0 Å². The first-order valence-electron chi connectivity index (χ1n) is 6.73. The number of ether oxygens (including phenoxy) is 1. The molecule has 0 heterocycles. The molecule has 110 valence electrons. The van der Waals surface area contributed by atoms with Crippen LogP contribution in [0.15, 0.2) is 28.7 Å². The van der Waals surface area contributed by atoms with Crippen molar-refractivity contribution in [2.45, 2.75) is 24.5 Å². The quantitative estimate of drug-likeness (QED) is 0.758. The molecule has 5 heteroatoms. The Balaban J connectivity index is 1.95. The second kappa shape index (κ2) is 6.96. The smallest absolute Gasteiger partial charge is 0.306 e. The number of thioether (sulfide) groups is 1. The Morgan fingerprint density at radius 2 is 2.20 bits per heavy atom. The molecule has 0 saturated heterocycles. The largest absolute Gasteiger partial charge is 0.469 e. The Morgan fingerprint density at radius 1 is 1.50 bits per heavy atom. The number of rotatable bonds is 7. The van der Waals surface area contributed by atoms with Gasteiger partial charge in [0.1, 0.15) is 0 Å². The molecule has 1 unspecified atom stereocenters. The van der Waals surface area contributed by atoms with Gasteiger partial charge in [0.25, 0.3) is 0 Å². The van der Waals surface area contributed by atoms with Crippen LogP contribution in [-0.4, -0.2) is 25.4 Å². The van der Waals surface area contributed by atoms with Crippen LogP contribution >= 0.6 is 27.7 Å². The molecule has 1 saturated carbocycles. The molecule has 20 heavy (non-hydrogen) atoms. The van der Waals surface area contributed by atoms with Crippen LogP contribution in [-0.2, 0) is 9.53 Å². The normalized spacial score (nSPS) is 17.6. The van der Waals surface area contributed by atoms with E-state index in [-0.39, 0.29) is 16.6 Å². The van der Waals surface area contributed by atoms with Gasteiger partial charge in [-0.2, -0.15) is 11.8 Å². The zero-order valence-electron chi connectivity index (χ0n) is 11.6. The number of esters is 1. The highest BCUT2D eigenvalue weighted by Gasteiger charge is 2.44. The summed E-state index contributed by atoms with van der Waals surface area (Å²) in [6.07, 6.45) is 2.76. The summed E-state index contributed by atoms with van der Waals surface area (Å²) in [7, 11) is 1.45. The van der Waals surface area contributed by atoms with Crippen LogP contribution in [0.1, 0.15) is 30.1 Å². The molecule has 1 fully saturated rings. The van der Waals surface area contributed by atoms with Gasteiger partial charge in [-0.05, 0) is 29.9 Å². The molecule has 2 rings (SSSR count). The first kappa shape index (κ1) is 15.9. The molecule has 0 bridgehead atoms. The minimum atomic E-state index is -0.103. The van der Waals surface area contributed by atoms with E-state index in [1.807, 2.05) is 30.0 Å². The van der Waals surface area contributed by atoms with Gasteiger partial charge in [-0.25, -0.2) is 0 Å². The Hall–Kier alpha value is -0.520. The fourth-order valence-electron chi connectivity index (χ4n) is 2.23. The third-order valence-electron chi connectivity index (χ3n) is 3.76. The van der Waals surface area contributed by atoms with E-state index in [4.69, 9.17) is 10.5 Å². The predicted molar refractivity (Wildman–Crippen MR) is 86.7 cm³/mol. The lowest BCUT2D eigenvalue weighted by atomic mass is 10.1. The number of benzene rings is 1. The number of halogens is 1. The number of hydrogen-bond acceptors (Lipinski definition) is 4. The van der Waals surface area contributed by atoms with Crippen LogP contribution in [0.3, 0.4) is 0 Å². The first-order chi connectivity index (χ1) is 9.60. The molecule has 1 aromatic rings. The zero-order chi connectivity index (χ0) is 14.6. The van der Waals surface area contributed by atoms with Crippen molar-refractivity contribution in [3.8, 4) is 0 Å². The Morgan fingerprint density at radius 3 is 2.75 bits per heavy atom. The van der Waals surface area contributed by atoms with E-state index in [0.717, 1.165) is 23.1 Å². The summed E-state index contributed by atoms with van der Waals surface area (Å²) >= 11 is 5.43. The maximum Gasteiger partial charge on any atom is 0.306 e. The van der Waals surface area contributed by atoms with Gasteiger partial charge in [0.05, 0.1) is 13.5 Å². The van der Waals surface area contributed by atoms with Gasteiger partial charge >= 0.3 is 5.97 Å². The fraction of sp³-hybridized carbons (Fsp3) is 0.533. The van der Waals surface area contributed by atoms with Crippen molar-refractivity contribution in [3.63, 3.8) is 0 Å². The lowest BCUT2D eigenvalue weighted by Crippen LogP contribution is -2.16. The molecule has 0 aromatic heterocycles. The summed E-state index contributed by atoms with van der Waals surface area (Å²) in [5.74, 6) is 0.860. The van der Waals surface area contributed by atoms with Gasteiger partial charge in [0.2, 0.25) is 0 Å². The van der Waals surface area contributed by atoms with E-state index in [0.29, 0.717) is 13.0 Å². The SMILES string of the molecule is COC(=O)CC1(CSC(CN)c2ccccc2Br)CC1. The van der Waals surface area contributed by atoms with E-state index in [1.165, 1.54) is 12.7 Å². The monoisotopic (exact) mass is 357 g/mol. The highest BCUT2D eigenvalue weighted by atomic mass is 79.9. The van der Waals surface area contributed by atoms with Gasteiger partial charge in [0, 0.05) is 22.0 Å². The highest BCUT2D eigenvalue weighted by molar-refractivity contribution is 9.10. The van der Waals surface area contributed by atoms with Crippen LogP contribution in [0, 0.1) is 5.41 Å². The number of carbonyl (C=O) groups is 1. The van der Waals surface area contributed by atoms with Crippen LogP contribution in [0.25, 0.3) is 0 Å². The Kier molecular flexibility index (Phi) is 5.52. The van der Waals surface area contributed by atoms with Gasteiger partial charge in [-0.1, -0.05) is 34.1 Å². The molecule has 1 aliphatic rings. The average molecular weight is 358 g/mol. The maximum atomic E-state index is 11.4. The van der Waals surface area contributed by atoms with Crippen LogP contribution < -0.4 is 5.73 Å². The molecule has 1 aliphatic carbocycles. The zero-order valence-corrected chi connectivity index (χ0v) is 14.0. The Bertz CT molecular complexity index is 477. The molecule has 1 aromatic carbocycles. The van der Waals surface area contributed by atoms with Gasteiger partial charge in [0.15, 0.2) is 0 Å². The topological polar surface area (TPSA) is 52.3 Å². The average Bonchev–Trinajstić information content (AvgIpc) is 3.21. The van der Waals surface area contributed by atoms with Crippen molar-refractivity contribution in [2.75, 3.05) is 19.4 Å². The standard InChI is InChI=1S/C15H20BrNO2S/c1-19-14(18)8-15(6-7-15)10-20-13(9-17)11-4-2-3-5-12(11)16/h2-5,13H,6-10,17H2,1H3. The molecule has 3 nitrogen and oxygen atoms in total. The van der Waals surface area contributed by atoms with Gasteiger partial charge < -0.3 is 10.5 Å². The van der Waals surface area contributed by atoms with E-state index >= 15 is 0 Å². The Labute approximate surface area is 132 Å². The van der Waals surface area contributed by atoms with Crippen LogP contribution in [0.2, 0.25) is 0 Å². The molecule has 0 amide bonds. The summed E-state index contributed by atoms with van der Waals surface area (Å²) in [6, 6.07) is 8.19. The second-order valence-corrected chi connectivity index (χ2v) is 7.36.